The van der Waals surface area contributed by atoms with Crippen LogP contribution in [0.4, 0.5) is 13.2 Å². The van der Waals surface area contributed by atoms with Crippen molar-refractivity contribution in [1.29, 1.82) is 0 Å². The molecule has 0 saturated heterocycles. The van der Waals surface area contributed by atoms with Crippen LogP contribution in [0.2, 0.25) is 0 Å². The molecule has 1 heterocycles. The number of nitrogens with zero attached hydrogens (tertiary/aromatic N) is 1. The van der Waals surface area contributed by atoms with Crippen molar-refractivity contribution >= 4 is 27.3 Å². The van der Waals surface area contributed by atoms with Crippen molar-refractivity contribution in [3.63, 3.8) is 0 Å². The van der Waals surface area contributed by atoms with Crippen molar-refractivity contribution in [2.45, 2.75) is 12.7 Å². The molecule has 0 saturated carbocycles. The molecule has 0 fully saturated rings. The van der Waals surface area contributed by atoms with E-state index in [1.54, 1.807) is 0 Å². The Hall–Kier alpha value is -0.140. The first-order valence-electron chi connectivity index (χ1n) is 2.87. The van der Waals surface area contributed by atoms with Gasteiger partial charge in [0.15, 0.2) is 0 Å². The summed E-state index contributed by atoms with van der Waals surface area (Å²) in [5, 5.41) is 0.272. The quantitative estimate of drug-likeness (QED) is 0.842. The van der Waals surface area contributed by atoms with Crippen LogP contribution in [-0.4, -0.2) is 4.98 Å². The lowest BCUT2D eigenvalue weighted by atomic mass is 10.5. The highest BCUT2D eigenvalue weighted by Gasteiger charge is 2.36. The van der Waals surface area contributed by atoms with E-state index in [9.17, 15) is 13.2 Å². The van der Waals surface area contributed by atoms with Crippen LogP contribution in [0.15, 0.2) is 4.60 Å². The molecule has 1 aromatic heterocycles. The van der Waals surface area contributed by atoms with Gasteiger partial charge in [-0.25, -0.2) is 4.98 Å². The van der Waals surface area contributed by atoms with E-state index in [-0.39, 0.29) is 16.2 Å². The van der Waals surface area contributed by atoms with Crippen molar-refractivity contribution in [3.05, 3.63) is 14.5 Å². The lowest BCUT2D eigenvalue weighted by Crippen LogP contribution is -2.02. The van der Waals surface area contributed by atoms with Gasteiger partial charge in [0.1, 0.15) is 14.5 Å². The predicted octanol–water partition coefficient (Wildman–Crippen LogP) is 2.38. The van der Waals surface area contributed by atoms with Crippen LogP contribution in [0, 0.1) is 0 Å². The fourth-order valence-corrected chi connectivity index (χ4v) is 2.11. The lowest BCUT2D eigenvalue weighted by Gasteiger charge is -2.00. The Morgan fingerprint density at radius 1 is 1.50 bits per heavy atom. The number of nitrogens with two attached hydrogens (primary N) is 1. The largest absolute Gasteiger partial charge is 0.428 e. The monoisotopic (exact) mass is 260 g/mol. The molecule has 1 aromatic rings. The number of halogens is 4. The molecule has 2 N–H and O–H groups in total. The van der Waals surface area contributed by atoms with E-state index in [1.165, 1.54) is 0 Å². The summed E-state index contributed by atoms with van der Waals surface area (Å²) in [5.74, 6) is 0. The van der Waals surface area contributed by atoms with Gasteiger partial charge in [-0.1, -0.05) is 0 Å². The minimum absolute atomic E-state index is 0.0271. The molecular weight excluding hydrogens is 257 g/mol. The van der Waals surface area contributed by atoms with Gasteiger partial charge < -0.3 is 5.73 Å². The lowest BCUT2D eigenvalue weighted by molar-refractivity contribution is -0.135. The van der Waals surface area contributed by atoms with Crippen LogP contribution >= 0.6 is 27.3 Å². The standard InChI is InChI=1S/C5H4BrF3N2S/c6-4-3(5(7,8)9)12-2(1-10)11-4/h1,10H2. The number of thiazole rings is 1. The summed E-state index contributed by atoms with van der Waals surface area (Å²) >= 11 is 3.28. The Morgan fingerprint density at radius 2 is 2.08 bits per heavy atom. The second-order valence-electron chi connectivity index (χ2n) is 1.93. The molecular formula is C5H4BrF3N2S. The molecule has 0 radical (unpaired) electrons. The molecule has 0 amide bonds. The Balaban J connectivity index is 3.08. The Morgan fingerprint density at radius 3 is 2.33 bits per heavy atom. The maximum Gasteiger partial charge on any atom is 0.428 e. The zero-order valence-corrected chi connectivity index (χ0v) is 8.05. The normalized spacial score (nSPS) is 12.1. The van der Waals surface area contributed by atoms with Crippen molar-refractivity contribution in [2.24, 2.45) is 5.73 Å². The highest BCUT2D eigenvalue weighted by molar-refractivity contribution is 9.10. The zero-order valence-electron chi connectivity index (χ0n) is 5.65. The van der Waals surface area contributed by atoms with Crippen LogP contribution in [0.5, 0.6) is 0 Å². The Kier molecular flexibility index (Phi) is 2.74. The van der Waals surface area contributed by atoms with Gasteiger partial charge in [0, 0.05) is 6.54 Å². The molecule has 7 heteroatoms. The maximum absolute atomic E-state index is 12.1. The van der Waals surface area contributed by atoms with E-state index in [1.807, 2.05) is 0 Å². The van der Waals surface area contributed by atoms with Crippen LogP contribution in [-0.2, 0) is 12.7 Å². The third-order valence-electron chi connectivity index (χ3n) is 1.06. The van der Waals surface area contributed by atoms with Gasteiger partial charge in [-0.15, -0.1) is 11.3 Å². The van der Waals surface area contributed by atoms with Gasteiger partial charge in [0.2, 0.25) is 0 Å². The molecule has 0 aliphatic heterocycles. The average molecular weight is 261 g/mol. The first-order valence-corrected chi connectivity index (χ1v) is 4.48. The van der Waals surface area contributed by atoms with Gasteiger partial charge in [-0.2, -0.15) is 13.2 Å². The number of alkyl halides is 3. The predicted molar refractivity (Wildman–Crippen MR) is 42.7 cm³/mol. The van der Waals surface area contributed by atoms with E-state index < -0.39 is 11.1 Å². The summed E-state index contributed by atoms with van der Waals surface area (Å²) in [6, 6.07) is 0. The summed E-state index contributed by atoms with van der Waals surface area (Å²) in [7, 11) is 0. The van der Waals surface area contributed by atoms with Crippen LogP contribution < -0.4 is 5.73 Å². The van der Waals surface area contributed by atoms with Crippen LogP contribution in [0.25, 0.3) is 0 Å². The molecule has 0 aliphatic carbocycles. The fourth-order valence-electron chi connectivity index (χ4n) is 0.605. The van der Waals surface area contributed by atoms with Crippen molar-refractivity contribution in [3.8, 4) is 0 Å². The molecule has 0 bridgehead atoms. The molecule has 1 rings (SSSR count). The third kappa shape index (κ3) is 1.96. The summed E-state index contributed by atoms with van der Waals surface area (Å²) in [4.78, 5) is 2.85. The SMILES string of the molecule is NCc1nc(Br)c(C(F)(F)F)s1. The first kappa shape index (κ1) is 9.94. The van der Waals surface area contributed by atoms with Gasteiger partial charge in [-0.3, -0.25) is 0 Å². The second kappa shape index (κ2) is 3.31. The average Bonchev–Trinajstić information content (AvgIpc) is 2.29. The molecule has 12 heavy (non-hydrogen) atoms. The molecule has 0 unspecified atom stereocenters. The van der Waals surface area contributed by atoms with Gasteiger partial charge in [-0.05, 0) is 15.9 Å². The highest BCUT2D eigenvalue weighted by Crippen LogP contribution is 2.38. The minimum atomic E-state index is -4.34. The Bertz CT molecular complexity index is 283. The zero-order chi connectivity index (χ0) is 9.35. The molecule has 0 spiro atoms. The van der Waals surface area contributed by atoms with E-state index >= 15 is 0 Å². The smallest absolute Gasteiger partial charge is 0.325 e. The van der Waals surface area contributed by atoms with Crippen molar-refractivity contribution < 1.29 is 13.2 Å². The topological polar surface area (TPSA) is 38.9 Å². The summed E-state index contributed by atoms with van der Waals surface area (Å²) in [6.45, 7) is 0.0271. The number of hydrogen-bond donors (Lipinski definition) is 1. The number of hydrogen-bond acceptors (Lipinski definition) is 3. The van der Waals surface area contributed by atoms with Crippen LogP contribution in [0.3, 0.4) is 0 Å². The van der Waals surface area contributed by atoms with E-state index in [4.69, 9.17) is 5.73 Å². The van der Waals surface area contributed by atoms with Gasteiger partial charge >= 0.3 is 6.18 Å². The van der Waals surface area contributed by atoms with E-state index in [0.29, 0.717) is 11.3 Å². The van der Waals surface area contributed by atoms with E-state index in [2.05, 4.69) is 20.9 Å². The molecule has 0 atom stereocenters. The van der Waals surface area contributed by atoms with Gasteiger partial charge in [0.25, 0.3) is 0 Å². The van der Waals surface area contributed by atoms with Gasteiger partial charge in [0.05, 0.1) is 0 Å². The van der Waals surface area contributed by atoms with Crippen LogP contribution in [0.1, 0.15) is 9.88 Å². The third-order valence-corrected chi connectivity index (χ3v) is 3.02. The minimum Gasteiger partial charge on any atom is -0.325 e. The maximum atomic E-state index is 12.1. The first-order chi connectivity index (χ1) is 5.45. The fraction of sp³-hybridized carbons (Fsp3) is 0.400. The summed E-state index contributed by atoms with van der Waals surface area (Å²) in [6.07, 6.45) is -4.34. The Labute approximate surface area is 78.7 Å². The van der Waals surface area contributed by atoms with Crippen molar-refractivity contribution in [2.75, 3.05) is 0 Å². The molecule has 0 aliphatic rings. The summed E-state index contributed by atoms with van der Waals surface area (Å²) in [5.41, 5.74) is 5.14. The molecule has 68 valence electrons. The van der Waals surface area contributed by atoms with E-state index in [0.717, 1.165) is 0 Å². The molecule has 2 nitrogen and oxygen atoms in total. The second-order valence-corrected chi connectivity index (χ2v) is 3.76. The van der Waals surface area contributed by atoms with Crippen molar-refractivity contribution in [1.82, 2.24) is 4.98 Å². The highest BCUT2D eigenvalue weighted by atomic mass is 79.9. The number of rotatable bonds is 1. The summed E-state index contributed by atoms with van der Waals surface area (Å²) < 4.78 is 36.1. The molecule has 0 aromatic carbocycles. The number of aromatic nitrogens is 1.